The molecule has 2 saturated heterocycles. The molecule has 2 aliphatic heterocycles. The van der Waals surface area contributed by atoms with E-state index in [9.17, 15) is 13.5 Å². The van der Waals surface area contributed by atoms with Gasteiger partial charge in [-0.05, 0) is 63.1 Å². The molecule has 5 rings (SSSR count). The molecule has 36 heavy (non-hydrogen) atoms. The number of ether oxygens (including phenoxy) is 1. The normalized spacial score (nSPS) is 17.3. The number of nitrogens with zero attached hydrogens (tertiary/aromatic N) is 4. The first-order chi connectivity index (χ1) is 17.3. The van der Waals surface area contributed by atoms with Gasteiger partial charge in [0.05, 0.1) is 35.2 Å². The first-order valence-corrected chi connectivity index (χ1v) is 13.8. The van der Waals surface area contributed by atoms with Crippen molar-refractivity contribution in [2.45, 2.75) is 31.6 Å². The van der Waals surface area contributed by atoms with Gasteiger partial charge in [0.2, 0.25) is 10.0 Å². The minimum absolute atomic E-state index is 0.170. The first-order valence-electron chi connectivity index (χ1n) is 12.3. The van der Waals surface area contributed by atoms with Gasteiger partial charge < -0.3 is 19.3 Å². The highest BCUT2D eigenvalue weighted by Crippen LogP contribution is 2.34. The van der Waals surface area contributed by atoms with Crippen LogP contribution < -0.4 is 4.90 Å². The van der Waals surface area contributed by atoms with E-state index in [4.69, 9.17) is 4.74 Å². The van der Waals surface area contributed by atoms with Crippen molar-refractivity contribution in [2.75, 3.05) is 44.3 Å². The minimum Gasteiger partial charge on any atom is -0.508 e. The zero-order valence-corrected chi connectivity index (χ0v) is 21.5. The van der Waals surface area contributed by atoms with Crippen LogP contribution in [0.1, 0.15) is 29.8 Å². The van der Waals surface area contributed by atoms with Crippen LogP contribution in [0.15, 0.2) is 58.4 Å². The molecule has 3 heterocycles. The molecule has 1 aromatic heterocycles. The molecule has 0 spiro atoms. The van der Waals surface area contributed by atoms with Crippen molar-refractivity contribution in [3.05, 3.63) is 65.5 Å². The molecule has 8 nitrogen and oxygen atoms in total. The molecule has 0 amide bonds. The first kappa shape index (κ1) is 24.5. The standard InChI is InChI=1S/C27H32N4O4S/c1-20-16-22(19-28-23-6-5-7-24(32)17-23)21(2)31(20)27-18-25(8-9-26(27)29-10-3-4-11-29)36(33,34)30-12-14-35-15-13-30/h5-9,16-19,32H,3-4,10-15H2,1-2H3. The van der Waals surface area contributed by atoms with Crippen LogP contribution in [0.2, 0.25) is 0 Å². The molecule has 3 aromatic rings. The summed E-state index contributed by atoms with van der Waals surface area (Å²) in [4.78, 5) is 7.17. The summed E-state index contributed by atoms with van der Waals surface area (Å²) in [6.45, 7) is 7.50. The van der Waals surface area contributed by atoms with E-state index >= 15 is 0 Å². The van der Waals surface area contributed by atoms with Crippen LogP contribution >= 0.6 is 0 Å². The topological polar surface area (TPSA) is 87.4 Å². The average Bonchev–Trinajstić information content (AvgIpc) is 3.51. The lowest BCUT2D eigenvalue weighted by Crippen LogP contribution is -2.40. The van der Waals surface area contributed by atoms with Crippen LogP contribution in [0.5, 0.6) is 5.75 Å². The van der Waals surface area contributed by atoms with Crippen LogP contribution in [0, 0.1) is 13.8 Å². The number of aromatic nitrogens is 1. The summed E-state index contributed by atoms with van der Waals surface area (Å²) in [6, 6.07) is 14.4. The van der Waals surface area contributed by atoms with Crippen molar-refractivity contribution in [2.24, 2.45) is 4.99 Å². The predicted octanol–water partition coefficient (Wildman–Crippen LogP) is 4.17. The number of aryl methyl sites for hydroxylation is 1. The largest absolute Gasteiger partial charge is 0.508 e. The van der Waals surface area contributed by atoms with Crippen molar-refractivity contribution in [3.8, 4) is 11.4 Å². The van der Waals surface area contributed by atoms with Gasteiger partial charge in [-0.3, -0.25) is 4.99 Å². The molecule has 0 unspecified atom stereocenters. The molecule has 2 fully saturated rings. The van der Waals surface area contributed by atoms with E-state index < -0.39 is 10.0 Å². The highest BCUT2D eigenvalue weighted by Gasteiger charge is 2.28. The number of rotatable bonds is 6. The van der Waals surface area contributed by atoms with Gasteiger partial charge in [-0.25, -0.2) is 8.42 Å². The van der Waals surface area contributed by atoms with Crippen molar-refractivity contribution in [1.29, 1.82) is 0 Å². The van der Waals surface area contributed by atoms with Crippen LogP contribution in [0.3, 0.4) is 0 Å². The van der Waals surface area contributed by atoms with Crippen molar-refractivity contribution >= 4 is 27.6 Å². The van der Waals surface area contributed by atoms with Gasteiger partial charge in [-0.15, -0.1) is 0 Å². The lowest BCUT2D eigenvalue weighted by Gasteiger charge is -2.28. The number of hydrogen-bond donors (Lipinski definition) is 1. The van der Waals surface area contributed by atoms with Gasteiger partial charge in [-0.1, -0.05) is 6.07 Å². The Kier molecular flexibility index (Phi) is 6.87. The molecular weight excluding hydrogens is 476 g/mol. The SMILES string of the molecule is Cc1cc(C=Nc2cccc(O)c2)c(C)n1-c1cc(S(=O)(=O)N2CCOCC2)ccc1N1CCCC1. The number of phenolic OH excluding ortho intramolecular Hbond substituents is 1. The van der Waals surface area contributed by atoms with Gasteiger partial charge in [-0.2, -0.15) is 4.31 Å². The number of morpholine rings is 1. The lowest BCUT2D eigenvalue weighted by atomic mass is 10.2. The second-order valence-electron chi connectivity index (χ2n) is 9.30. The summed E-state index contributed by atoms with van der Waals surface area (Å²) in [5.41, 5.74) is 5.45. The quantitative estimate of drug-likeness (QED) is 0.505. The highest BCUT2D eigenvalue weighted by atomic mass is 32.2. The van der Waals surface area contributed by atoms with Crippen molar-refractivity contribution in [1.82, 2.24) is 8.87 Å². The van der Waals surface area contributed by atoms with Gasteiger partial charge in [0.25, 0.3) is 0 Å². The maximum atomic E-state index is 13.5. The number of sulfonamides is 1. The molecule has 190 valence electrons. The average molecular weight is 509 g/mol. The molecular formula is C27H32N4O4S. The number of aromatic hydroxyl groups is 1. The van der Waals surface area contributed by atoms with E-state index in [1.165, 1.54) is 4.31 Å². The second-order valence-corrected chi connectivity index (χ2v) is 11.2. The molecule has 9 heteroatoms. The van der Waals surface area contributed by atoms with Gasteiger partial charge in [0.1, 0.15) is 5.75 Å². The Morgan fingerprint density at radius 2 is 1.69 bits per heavy atom. The summed E-state index contributed by atoms with van der Waals surface area (Å²) in [5, 5.41) is 9.74. The summed E-state index contributed by atoms with van der Waals surface area (Å²) >= 11 is 0. The maximum absolute atomic E-state index is 13.5. The van der Waals surface area contributed by atoms with E-state index in [2.05, 4.69) is 20.5 Å². The van der Waals surface area contributed by atoms with E-state index in [-0.39, 0.29) is 5.75 Å². The Hall–Kier alpha value is -3.14. The molecule has 2 aromatic carbocycles. The molecule has 2 aliphatic rings. The Morgan fingerprint density at radius 3 is 2.42 bits per heavy atom. The highest BCUT2D eigenvalue weighted by molar-refractivity contribution is 7.89. The van der Waals surface area contributed by atoms with E-state index in [0.29, 0.717) is 36.9 Å². The Labute approximate surface area is 212 Å². The Morgan fingerprint density at radius 1 is 0.944 bits per heavy atom. The van der Waals surface area contributed by atoms with Gasteiger partial charge in [0, 0.05) is 55.4 Å². The summed E-state index contributed by atoms with van der Waals surface area (Å²) < 4.78 is 35.9. The fraction of sp³-hybridized carbons (Fsp3) is 0.370. The second kappa shape index (κ2) is 10.1. The maximum Gasteiger partial charge on any atom is 0.243 e. The zero-order chi connectivity index (χ0) is 25.3. The Bertz CT molecular complexity index is 1380. The van der Waals surface area contributed by atoms with Crippen LogP contribution in [-0.2, 0) is 14.8 Å². The number of phenols is 1. The zero-order valence-electron chi connectivity index (χ0n) is 20.7. The number of aliphatic imine (C=N–C) groups is 1. The summed E-state index contributed by atoms with van der Waals surface area (Å²) in [6.07, 6.45) is 4.04. The van der Waals surface area contributed by atoms with Crippen molar-refractivity contribution in [3.63, 3.8) is 0 Å². The van der Waals surface area contributed by atoms with E-state index in [0.717, 1.165) is 54.3 Å². The fourth-order valence-corrected chi connectivity index (χ4v) is 6.44. The number of hydrogen-bond acceptors (Lipinski definition) is 6. The van der Waals surface area contributed by atoms with Crippen LogP contribution in [0.25, 0.3) is 5.69 Å². The molecule has 0 aliphatic carbocycles. The molecule has 1 N–H and O–H groups in total. The third-order valence-electron chi connectivity index (χ3n) is 6.90. The number of benzene rings is 2. The van der Waals surface area contributed by atoms with Gasteiger partial charge >= 0.3 is 0 Å². The van der Waals surface area contributed by atoms with E-state index in [1.54, 1.807) is 30.5 Å². The third kappa shape index (κ3) is 4.78. The summed E-state index contributed by atoms with van der Waals surface area (Å²) in [7, 11) is -3.63. The smallest absolute Gasteiger partial charge is 0.243 e. The van der Waals surface area contributed by atoms with Gasteiger partial charge in [0.15, 0.2) is 0 Å². The molecule has 0 saturated carbocycles. The monoisotopic (exact) mass is 508 g/mol. The van der Waals surface area contributed by atoms with Crippen LogP contribution in [0.4, 0.5) is 11.4 Å². The summed E-state index contributed by atoms with van der Waals surface area (Å²) in [5.74, 6) is 0.170. The van der Waals surface area contributed by atoms with Crippen LogP contribution in [-0.4, -0.2) is 68.0 Å². The third-order valence-corrected chi connectivity index (χ3v) is 8.79. The molecule has 0 atom stereocenters. The Balaban J connectivity index is 1.58. The number of anilines is 1. The fourth-order valence-electron chi connectivity index (χ4n) is 5.01. The molecule has 0 radical (unpaired) electrons. The van der Waals surface area contributed by atoms with E-state index in [1.807, 2.05) is 32.0 Å². The molecule has 0 bridgehead atoms. The van der Waals surface area contributed by atoms with Crippen molar-refractivity contribution < 1.29 is 18.3 Å². The lowest BCUT2D eigenvalue weighted by molar-refractivity contribution is 0.0730. The predicted molar refractivity (Wildman–Crippen MR) is 142 cm³/mol. The minimum atomic E-state index is -3.63.